The monoisotopic (exact) mass is 318 g/mol. The van der Waals surface area contributed by atoms with Gasteiger partial charge in [0.15, 0.2) is 5.76 Å². The van der Waals surface area contributed by atoms with Crippen LogP contribution in [0.25, 0.3) is 0 Å². The molecule has 1 aromatic carbocycles. The van der Waals surface area contributed by atoms with Crippen LogP contribution in [0.1, 0.15) is 23.4 Å². The van der Waals surface area contributed by atoms with Gasteiger partial charge in [-0.3, -0.25) is 9.59 Å². The quantitative estimate of drug-likeness (QED) is 0.945. The first kappa shape index (κ1) is 14.7. The molecule has 5 nitrogen and oxygen atoms in total. The number of benzene rings is 1. The van der Waals surface area contributed by atoms with Crippen molar-refractivity contribution in [2.24, 2.45) is 0 Å². The van der Waals surface area contributed by atoms with Crippen LogP contribution in [-0.4, -0.2) is 29.3 Å². The van der Waals surface area contributed by atoms with Gasteiger partial charge in [-0.1, -0.05) is 17.7 Å². The van der Waals surface area contributed by atoms with Crippen molar-refractivity contribution >= 4 is 29.1 Å². The number of hydrogen-bond acceptors (Lipinski definition) is 3. The van der Waals surface area contributed by atoms with Crippen molar-refractivity contribution < 1.29 is 14.0 Å². The Morgan fingerprint density at radius 3 is 2.86 bits per heavy atom. The Morgan fingerprint density at radius 2 is 2.14 bits per heavy atom. The molecule has 1 N–H and O–H groups in total. The second-order valence-electron chi connectivity index (χ2n) is 5.13. The molecular weight excluding hydrogens is 304 g/mol. The number of furan rings is 1. The van der Waals surface area contributed by atoms with E-state index in [2.05, 4.69) is 5.32 Å². The van der Waals surface area contributed by atoms with Gasteiger partial charge in [0, 0.05) is 17.3 Å². The van der Waals surface area contributed by atoms with E-state index in [1.165, 1.54) is 6.26 Å². The van der Waals surface area contributed by atoms with Crippen LogP contribution in [0.4, 0.5) is 5.69 Å². The predicted octanol–water partition coefficient (Wildman–Crippen LogP) is 3.18. The average Bonchev–Trinajstić information content (AvgIpc) is 3.18. The van der Waals surface area contributed by atoms with Crippen LogP contribution in [0.15, 0.2) is 47.1 Å². The highest BCUT2D eigenvalue weighted by Crippen LogP contribution is 2.22. The lowest BCUT2D eigenvalue weighted by molar-refractivity contribution is -0.119. The largest absolute Gasteiger partial charge is 0.459 e. The molecule has 0 spiro atoms. The summed E-state index contributed by atoms with van der Waals surface area (Å²) >= 11 is 5.91. The lowest BCUT2D eigenvalue weighted by Crippen LogP contribution is -2.43. The molecule has 22 heavy (non-hydrogen) atoms. The molecule has 114 valence electrons. The average molecular weight is 319 g/mol. The van der Waals surface area contributed by atoms with Crippen LogP contribution in [0.5, 0.6) is 0 Å². The number of nitrogens with zero attached hydrogens (tertiary/aromatic N) is 1. The van der Waals surface area contributed by atoms with E-state index in [1.54, 1.807) is 41.3 Å². The molecule has 1 atom stereocenters. The summed E-state index contributed by atoms with van der Waals surface area (Å²) in [5.41, 5.74) is 0.620. The molecule has 2 aromatic rings. The minimum atomic E-state index is -0.489. The summed E-state index contributed by atoms with van der Waals surface area (Å²) in [6.07, 6.45) is 2.88. The highest BCUT2D eigenvalue weighted by molar-refractivity contribution is 6.30. The highest BCUT2D eigenvalue weighted by atomic mass is 35.5. The molecule has 0 saturated carbocycles. The van der Waals surface area contributed by atoms with E-state index in [0.29, 0.717) is 23.7 Å². The van der Waals surface area contributed by atoms with Crippen LogP contribution in [-0.2, 0) is 4.79 Å². The highest BCUT2D eigenvalue weighted by Gasteiger charge is 2.35. The van der Waals surface area contributed by atoms with Crippen molar-refractivity contribution in [3.05, 3.63) is 53.4 Å². The summed E-state index contributed by atoms with van der Waals surface area (Å²) in [6, 6.07) is 9.70. The number of carbonyl (C=O) groups excluding carboxylic acids is 2. The molecule has 1 aliphatic rings. The smallest absolute Gasteiger partial charge is 0.290 e. The summed E-state index contributed by atoms with van der Waals surface area (Å²) in [5, 5.41) is 3.36. The van der Waals surface area contributed by atoms with E-state index in [0.717, 1.165) is 6.42 Å². The third-order valence-corrected chi connectivity index (χ3v) is 3.88. The van der Waals surface area contributed by atoms with Gasteiger partial charge >= 0.3 is 0 Å². The fourth-order valence-electron chi connectivity index (χ4n) is 2.62. The minimum absolute atomic E-state index is 0.209. The molecule has 0 bridgehead atoms. The van der Waals surface area contributed by atoms with Crippen LogP contribution in [0.2, 0.25) is 5.02 Å². The van der Waals surface area contributed by atoms with Crippen LogP contribution < -0.4 is 5.32 Å². The Morgan fingerprint density at radius 1 is 1.27 bits per heavy atom. The summed E-state index contributed by atoms with van der Waals surface area (Å²) in [7, 11) is 0. The van der Waals surface area contributed by atoms with Gasteiger partial charge in [0.05, 0.1) is 6.26 Å². The third kappa shape index (κ3) is 2.99. The first-order chi connectivity index (χ1) is 10.6. The molecule has 0 unspecified atom stereocenters. The second-order valence-corrected chi connectivity index (χ2v) is 5.57. The summed E-state index contributed by atoms with van der Waals surface area (Å²) in [5.74, 6) is -0.212. The zero-order valence-electron chi connectivity index (χ0n) is 11.8. The zero-order valence-corrected chi connectivity index (χ0v) is 12.5. The topological polar surface area (TPSA) is 62.6 Å². The lowest BCUT2D eigenvalue weighted by atomic mass is 10.2. The van der Waals surface area contributed by atoms with Gasteiger partial charge in [-0.25, -0.2) is 0 Å². The standard InChI is InChI=1S/C16H15ClN2O3/c17-11-4-1-5-12(10-11)18-15(20)13-6-2-8-19(13)16(21)14-7-3-9-22-14/h1,3-5,7,9-10,13H,2,6,8H2,(H,18,20)/t13-/m1/s1. The second kappa shape index (κ2) is 6.23. The van der Waals surface area contributed by atoms with Crippen molar-refractivity contribution in [3.63, 3.8) is 0 Å². The number of nitrogens with one attached hydrogen (secondary N) is 1. The normalized spacial score (nSPS) is 17.5. The van der Waals surface area contributed by atoms with Crippen LogP contribution in [0, 0.1) is 0 Å². The fourth-order valence-corrected chi connectivity index (χ4v) is 2.81. The minimum Gasteiger partial charge on any atom is -0.459 e. The summed E-state index contributed by atoms with van der Waals surface area (Å²) in [6.45, 7) is 0.549. The number of amides is 2. The maximum atomic E-state index is 12.4. The molecule has 1 saturated heterocycles. The summed E-state index contributed by atoms with van der Waals surface area (Å²) < 4.78 is 5.13. The van der Waals surface area contributed by atoms with Crippen LogP contribution >= 0.6 is 11.6 Å². The number of likely N-dealkylation sites (tertiary alicyclic amines) is 1. The van der Waals surface area contributed by atoms with E-state index in [1.807, 2.05) is 0 Å². The van der Waals surface area contributed by atoms with E-state index in [9.17, 15) is 9.59 Å². The van der Waals surface area contributed by atoms with E-state index in [4.69, 9.17) is 16.0 Å². The fraction of sp³-hybridized carbons (Fsp3) is 0.250. The van der Waals surface area contributed by atoms with Crippen molar-refractivity contribution in [1.82, 2.24) is 4.90 Å². The third-order valence-electron chi connectivity index (χ3n) is 3.64. The first-order valence-electron chi connectivity index (χ1n) is 7.06. The van der Waals surface area contributed by atoms with Gasteiger partial charge in [-0.05, 0) is 43.2 Å². The van der Waals surface area contributed by atoms with E-state index >= 15 is 0 Å². The Hall–Kier alpha value is -2.27. The molecule has 0 radical (unpaired) electrons. The molecule has 2 heterocycles. The Labute approximate surface area is 132 Å². The van der Waals surface area contributed by atoms with Crippen molar-refractivity contribution in [3.8, 4) is 0 Å². The van der Waals surface area contributed by atoms with Gasteiger partial charge in [0.2, 0.25) is 5.91 Å². The van der Waals surface area contributed by atoms with Crippen molar-refractivity contribution in [2.45, 2.75) is 18.9 Å². The summed E-state index contributed by atoms with van der Waals surface area (Å²) in [4.78, 5) is 26.3. The van der Waals surface area contributed by atoms with Crippen LogP contribution in [0.3, 0.4) is 0 Å². The molecule has 2 amide bonds. The van der Waals surface area contributed by atoms with Gasteiger partial charge < -0.3 is 14.6 Å². The molecule has 6 heteroatoms. The molecule has 1 aromatic heterocycles. The van der Waals surface area contributed by atoms with Crippen molar-refractivity contribution in [2.75, 3.05) is 11.9 Å². The van der Waals surface area contributed by atoms with Gasteiger partial charge in [-0.2, -0.15) is 0 Å². The molecule has 3 rings (SSSR count). The number of rotatable bonds is 3. The Bertz CT molecular complexity index is 684. The predicted molar refractivity (Wildman–Crippen MR) is 82.8 cm³/mol. The molecule has 1 fully saturated rings. The zero-order chi connectivity index (χ0) is 15.5. The first-order valence-corrected chi connectivity index (χ1v) is 7.44. The Balaban J connectivity index is 1.72. The van der Waals surface area contributed by atoms with E-state index in [-0.39, 0.29) is 17.6 Å². The van der Waals surface area contributed by atoms with Gasteiger partial charge in [0.25, 0.3) is 5.91 Å². The van der Waals surface area contributed by atoms with E-state index < -0.39 is 6.04 Å². The SMILES string of the molecule is O=C(Nc1cccc(Cl)c1)[C@H]1CCCN1C(=O)c1ccco1. The molecular formula is C16H15ClN2O3. The van der Waals surface area contributed by atoms with Gasteiger partial charge in [0.1, 0.15) is 6.04 Å². The maximum Gasteiger partial charge on any atom is 0.290 e. The number of anilines is 1. The maximum absolute atomic E-state index is 12.4. The Kier molecular flexibility index (Phi) is 4.15. The molecule has 0 aliphatic carbocycles. The lowest BCUT2D eigenvalue weighted by Gasteiger charge is -2.23. The molecule has 1 aliphatic heterocycles. The number of halogens is 1. The van der Waals surface area contributed by atoms with Gasteiger partial charge in [-0.15, -0.1) is 0 Å². The van der Waals surface area contributed by atoms with Crippen molar-refractivity contribution in [1.29, 1.82) is 0 Å². The number of carbonyl (C=O) groups is 2. The number of hydrogen-bond donors (Lipinski definition) is 1.